The molecule has 5 nitrogen and oxygen atoms in total. The van der Waals surface area contributed by atoms with Crippen molar-refractivity contribution in [3.8, 4) is 6.07 Å². The smallest absolute Gasteiger partial charge is 0.263 e. The molecule has 2 N–H and O–H groups in total. The molecule has 7 heteroatoms. The maximum absolute atomic E-state index is 12.5. The summed E-state index contributed by atoms with van der Waals surface area (Å²) in [5, 5.41) is 10.3. The van der Waals surface area contributed by atoms with E-state index in [-0.39, 0.29) is 10.5 Å². The molecule has 1 aromatic heterocycles. The van der Waals surface area contributed by atoms with Crippen LogP contribution in [0.25, 0.3) is 10.9 Å². The topological polar surface area (TPSA) is 85.8 Å². The number of para-hydroxylation sites is 1. The van der Waals surface area contributed by atoms with E-state index in [1.807, 2.05) is 6.07 Å². The van der Waals surface area contributed by atoms with Gasteiger partial charge in [0.1, 0.15) is 11.0 Å². The first-order valence-corrected chi connectivity index (χ1v) is 8.16. The zero-order valence-electron chi connectivity index (χ0n) is 11.2. The number of hydrogen-bond acceptors (Lipinski definition) is 3. The minimum Gasteiger partial charge on any atom is -0.358 e. The number of nitrogens with one attached hydrogen (secondary N) is 2. The second-order valence-corrected chi connectivity index (χ2v) is 6.64. The Morgan fingerprint density at radius 3 is 2.68 bits per heavy atom. The van der Waals surface area contributed by atoms with Crippen LogP contribution >= 0.6 is 11.6 Å². The molecule has 0 aliphatic heterocycles. The number of nitriles is 1. The standard InChI is InChI=1S/C15H10ClN3O2S/c16-12-9-18-15-11(12)5-3-6-13(15)19-22(20,21)14-7-2-1-4-10(14)8-17/h1-7,9,18-19H. The number of aromatic nitrogens is 1. The fourth-order valence-corrected chi connectivity index (χ4v) is 3.64. The molecular formula is C15H10ClN3O2S. The third-order valence-corrected chi connectivity index (χ3v) is 4.94. The Labute approximate surface area is 132 Å². The molecule has 0 bridgehead atoms. The van der Waals surface area contributed by atoms with Crippen LogP contribution in [0.2, 0.25) is 5.02 Å². The van der Waals surface area contributed by atoms with Crippen LogP contribution in [-0.4, -0.2) is 13.4 Å². The fourth-order valence-electron chi connectivity index (χ4n) is 2.20. The first kappa shape index (κ1) is 14.4. The quantitative estimate of drug-likeness (QED) is 0.770. The van der Waals surface area contributed by atoms with Crippen molar-refractivity contribution in [2.45, 2.75) is 4.90 Å². The van der Waals surface area contributed by atoms with E-state index in [1.54, 1.807) is 36.5 Å². The van der Waals surface area contributed by atoms with Crippen molar-refractivity contribution in [3.63, 3.8) is 0 Å². The van der Waals surface area contributed by atoms with Gasteiger partial charge in [0.05, 0.1) is 21.8 Å². The van der Waals surface area contributed by atoms with Gasteiger partial charge < -0.3 is 4.98 Å². The molecule has 0 spiro atoms. The van der Waals surface area contributed by atoms with E-state index in [1.165, 1.54) is 12.1 Å². The summed E-state index contributed by atoms with van der Waals surface area (Å²) < 4.78 is 27.5. The largest absolute Gasteiger partial charge is 0.358 e. The minimum absolute atomic E-state index is 0.0628. The van der Waals surface area contributed by atoms with Crippen LogP contribution < -0.4 is 4.72 Å². The highest BCUT2D eigenvalue weighted by Crippen LogP contribution is 2.30. The fraction of sp³-hybridized carbons (Fsp3) is 0. The number of anilines is 1. The number of halogens is 1. The molecule has 0 amide bonds. The highest BCUT2D eigenvalue weighted by molar-refractivity contribution is 7.92. The first-order valence-electron chi connectivity index (χ1n) is 6.30. The molecule has 3 rings (SSSR count). The van der Waals surface area contributed by atoms with Crippen LogP contribution in [0.3, 0.4) is 0 Å². The van der Waals surface area contributed by atoms with E-state index in [2.05, 4.69) is 9.71 Å². The van der Waals surface area contributed by atoms with Crippen molar-refractivity contribution >= 4 is 38.2 Å². The van der Waals surface area contributed by atoms with E-state index in [0.29, 0.717) is 16.2 Å². The number of fused-ring (bicyclic) bond motifs is 1. The van der Waals surface area contributed by atoms with Crippen LogP contribution in [0.5, 0.6) is 0 Å². The Bertz CT molecular complexity index is 1000. The summed E-state index contributed by atoms with van der Waals surface area (Å²) in [5.74, 6) is 0. The van der Waals surface area contributed by atoms with Gasteiger partial charge in [0.2, 0.25) is 0 Å². The summed E-state index contributed by atoms with van der Waals surface area (Å²) in [7, 11) is -3.87. The average molecular weight is 332 g/mol. The van der Waals surface area contributed by atoms with E-state index >= 15 is 0 Å². The predicted octanol–water partition coefficient (Wildman–Crippen LogP) is 3.49. The van der Waals surface area contributed by atoms with Crippen molar-refractivity contribution < 1.29 is 8.42 Å². The molecule has 0 radical (unpaired) electrons. The average Bonchev–Trinajstić information content (AvgIpc) is 2.90. The molecular weight excluding hydrogens is 322 g/mol. The highest BCUT2D eigenvalue weighted by atomic mass is 35.5. The van der Waals surface area contributed by atoms with Gasteiger partial charge in [0, 0.05) is 11.6 Å². The van der Waals surface area contributed by atoms with Gasteiger partial charge in [-0.2, -0.15) is 5.26 Å². The summed E-state index contributed by atoms with van der Waals surface area (Å²) in [6.07, 6.45) is 1.59. The number of nitrogens with zero attached hydrogens (tertiary/aromatic N) is 1. The van der Waals surface area contributed by atoms with Crippen LogP contribution in [0.4, 0.5) is 5.69 Å². The normalized spacial score (nSPS) is 11.3. The first-order chi connectivity index (χ1) is 10.5. The lowest BCUT2D eigenvalue weighted by Gasteiger charge is -2.10. The van der Waals surface area contributed by atoms with E-state index in [0.717, 1.165) is 5.39 Å². The molecule has 0 unspecified atom stereocenters. The van der Waals surface area contributed by atoms with Gasteiger partial charge in [0.15, 0.2) is 0 Å². The number of aromatic amines is 1. The lowest BCUT2D eigenvalue weighted by molar-refractivity contribution is 0.601. The summed E-state index contributed by atoms with van der Waals surface area (Å²) in [6.45, 7) is 0. The number of benzene rings is 2. The number of sulfonamides is 1. The lowest BCUT2D eigenvalue weighted by atomic mass is 10.2. The van der Waals surface area contributed by atoms with Gasteiger partial charge in [-0.05, 0) is 18.2 Å². The third-order valence-electron chi connectivity index (χ3n) is 3.21. The summed E-state index contributed by atoms with van der Waals surface area (Å²) in [5.41, 5.74) is 1.05. The van der Waals surface area contributed by atoms with E-state index in [4.69, 9.17) is 16.9 Å². The highest BCUT2D eigenvalue weighted by Gasteiger charge is 2.19. The molecule has 0 atom stereocenters. The van der Waals surface area contributed by atoms with Crippen molar-refractivity contribution in [2.24, 2.45) is 0 Å². The molecule has 0 saturated heterocycles. The van der Waals surface area contributed by atoms with Crippen molar-refractivity contribution in [3.05, 3.63) is 59.2 Å². The zero-order chi connectivity index (χ0) is 15.7. The molecule has 0 aliphatic carbocycles. The molecule has 22 heavy (non-hydrogen) atoms. The molecule has 0 fully saturated rings. The monoisotopic (exact) mass is 331 g/mol. The van der Waals surface area contributed by atoms with Crippen molar-refractivity contribution in [1.82, 2.24) is 4.98 Å². The molecule has 0 aliphatic rings. The zero-order valence-corrected chi connectivity index (χ0v) is 12.7. The molecule has 2 aromatic carbocycles. The van der Waals surface area contributed by atoms with Crippen LogP contribution in [0.1, 0.15) is 5.56 Å². The van der Waals surface area contributed by atoms with Gasteiger partial charge in [0.25, 0.3) is 10.0 Å². The molecule has 110 valence electrons. The van der Waals surface area contributed by atoms with Crippen LogP contribution in [-0.2, 0) is 10.0 Å². The number of H-pyrrole nitrogens is 1. The number of rotatable bonds is 3. The lowest BCUT2D eigenvalue weighted by Crippen LogP contribution is -2.14. The van der Waals surface area contributed by atoms with Crippen molar-refractivity contribution in [1.29, 1.82) is 5.26 Å². The summed E-state index contributed by atoms with van der Waals surface area (Å²) >= 11 is 6.03. The number of hydrogen-bond donors (Lipinski definition) is 2. The molecule has 3 aromatic rings. The van der Waals surface area contributed by atoms with Crippen LogP contribution in [0.15, 0.2) is 53.6 Å². The van der Waals surface area contributed by atoms with Gasteiger partial charge in [-0.1, -0.05) is 35.9 Å². The van der Waals surface area contributed by atoms with Crippen molar-refractivity contribution in [2.75, 3.05) is 4.72 Å². The Morgan fingerprint density at radius 1 is 1.14 bits per heavy atom. The Kier molecular flexibility index (Phi) is 3.53. The van der Waals surface area contributed by atoms with E-state index in [9.17, 15) is 8.42 Å². The Morgan fingerprint density at radius 2 is 1.91 bits per heavy atom. The Hall–Kier alpha value is -2.49. The van der Waals surface area contributed by atoms with Gasteiger partial charge in [-0.3, -0.25) is 4.72 Å². The second-order valence-electron chi connectivity index (χ2n) is 4.58. The van der Waals surface area contributed by atoms with Crippen LogP contribution in [0, 0.1) is 11.3 Å². The SMILES string of the molecule is N#Cc1ccccc1S(=O)(=O)Nc1cccc2c(Cl)c[nH]c12. The third kappa shape index (κ3) is 2.41. The maximum Gasteiger partial charge on any atom is 0.263 e. The Balaban J connectivity index is 2.10. The second kappa shape index (κ2) is 5.37. The maximum atomic E-state index is 12.5. The van der Waals surface area contributed by atoms with Gasteiger partial charge >= 0.3 is 0 Å². The van der Waals surface area contributed by atoms with Gasteiger partial charge in [-0.25, -0.2) is 8.42 Å². The predicted molar refractivity (Wildman–Crippen MR) is 85.3 cm³/mol. The summed E-state index contributed by atoms with van der Waals surface area (Å²) in [4.78, 5) is 2.87. The van der Waals surface area contributed by atoms with E-state index < -0.39 is 10.0 Å². The molecule has 1 heterocycles. The minimum atomic E-state index is -3.87. The molecule has 0 saturated carbocycles. The summed E-state index contributed by atoms with van der Waals surface area (Å²) in [6, 6.07) is 13.0. The van der Waals surface area contributed by atoms with Gasteiger partial charge in [-0.15, -0.1) is 0 Å².